The van der Waals surface area contributed by atoms with Gasteiger partial charge in [-0.3, -0.25) is 4.90 Å². The molecular formula is C14H22N2O. The molecule has 0 aromatic heterocycles. The van der Waals surface area contributed by atoms with Gasteiger partial charge in [-0.15, -0.1) is 0 Å². The summed E-state index contributed by atoms with van der Waals surface area (Å²) >= 11 is 0. The van der Waals surface area contributed by atoms with Crippen LogP contribution in [0.1, 0.15) is 32.3 Å². The maximum atomic E-state index is 9.84. The van der Waals surface area contributed by atoms with E-state index in [-0.39, 0.29) is 0 Å². The van der Waals surface area contributed by atoms with Gasteiger partial charge >= 0.3 is 0 Å². The van der Waals surface area contributed by atoms with Gasteiger partial charge in [0.1, 0.15) is 5.75 Å². The molecule has 3 heteroatoms. The molecule has 0 unspecified atom stereocenters. The number of nitrogens with zero attached hydrogens (tertiary/aromatic N) is 1. The van der Waals surface area contributed by atoms with E-state index in [9.17, 15) is 5.11 Å². The molecule has 0 spiro atoms. The number of nitrogen functional groups attached to an aromatic ring is 1. The highest BCUT2D eigenvalue weighted by Gasteiger charge is 2.29. The minimum absolute atomic E-state index is 0.355. The van der Waals surface area contributed by atoms with E-state index in [1.54, 1.807) is 12.1 Å². The first kappa shape index (κ1) is 12.2. The minimum Gasteiger partial charge on any atom is -0.508 e. The molecule has 1 aliphatic carbocycles. The number of hydrogen-bond acceptors (Lipinski definition) is 3. The molecule has 1 aromatic carbocycles. The van der Waals surface area contributed by atoms with E-state index in [1.807, 2.05) is 6.07 Å². The third kappa shape index (κ3) is 3.37. The summed E-state index contributed by atoms with van der Waals surface area (Å²) in [5.41, 5.74) is 7.43. The molecule has 3 nitrogen and oxygen atoms in total. The van der Waals surface area contributed by atoms with Crippen LogP contribution in [0.15, 0.2) is 18.2 Å². The summed E-state index contributed by atoms with van der Waals surface area (Å²) in [6.45, 7) is 6.35. The van der Waals surface area contributed by atoms with Gasteiger partial charge in [0, 0.05) is 30.4 Å². The summed E-state index contributed by atoms with van der Waals surface area (Å²) in [6, 6.07) is 6.01. The lowest BCUT2D eigenvalue weighted by atomic mass is 10.1. The van der Waals surface area contributed by atoms with Crippen LogP contribution in [0.2, 0.25) is 0 Å². The fourth-order valence-electron chi connectivity index (χ4n) is 2.20. The molecule has 0 saturated heterocycles. The van der Waals surface area contributed by atoms with Gasteiger partial charge < -0.3 is 10.8 Å². The standard InChI is InChI=1S/C14H22N2O/c1-10(2)8-16(13-4-5-13)9-11-7-12(15)3-6-14(11)17/h3,6-7,10,13,17H,4-5,8-9,15H2,1-2H3. The molecule has 2 rings (SSSR count). The van der Waals surface area contributed by atoms with E-state index in [2.05, 4.69) is 18.7 Å². The number of phenols is 1. The molecular weight excluding hydrogens is 212 g/mol. The van der Waals surface area contributed by atoms with Crippen molar-refractivity contribution in [2.45, 2.75) is 39.3 Å². The van der Waals surface area contributed by atoms with Crippen molar-refractivity contribution in [1.82, 2.24) is 4.90 Å². The van der Waals surface area contributed by atoms with Crippen LogP contribution in [-0.2, 0) is 6.54 Å². The van der Waals surface area contributed by atoms with E-state index in [0.717, 1.165) is 24.3 Å². The van der Waals surface area contributed by atoms with Crippen LogP contribution in [0.3, 0.4) is 0 Å². The molecule has 17 heavy (non-hydrogen) atoms. The lowest BCUT2D eigenvalue weighted by molar-refractivity contribution is 0.223. The molecule has 0 bridgehead atoms. The van der Waals surface area contributed by atoms with E-state index >= 15 is 0 Å². The zero-order valence-electron chi connectivity index (χ0n) is 10.7. The average molecular weight is 234 g/mol. The highest BCUT2D eigenvalue weighted by molar-refractivity contribution is 5.47. The first-order chi connectivity index (χ1) is 8.06. The monoisotopic (exact) mass is 234 g/mol. The Bertz CT molecular complexity index is 386. The molecule has 1 aromatic rings. The molecule has 0 heterocycles. The Hall–Kier alpha value is -1.22. The first-order valence-electron chi connectivity index (χ1n) is 6.37. The van der Waals surface area contributed by atoms with Crippen molar-refractivity contribution in [2.75, 3.05) is 12.3 Å². The van der Waals surface area contributed by atoms with Crippen LogP contribution < -0.4 is 5.73 Å². The van der Waals surface area contributed by atoms with Crippen molar-refractivity contribution in [3.05, 3.63) is 23.8 Å². The van der Waals surface area contributed by atoms with Crippen molar-refractivity contribution in [2.24, 2.45) is 5.92 Å². The van der Waals surface area contributed by atoms with Crippen molar-refractivity contribution in [3.63, 3.8) is 0 Å². The number of hydrogen-bond donors (Lipinski definition) is 2. The Labute approximate surface area is 103 Å². The summed E-state index contributed by atoms with van der Waals surface area (Å²) in [5, 5.41) is 9.84. The van der Waals surface area contributed by atoms with Gasteiger partial charge in [0.25, 0.3) is 0 Å². The normalized spacial score (nSPS) is 15.8. The zero-order chi connectivity index (χ0) is 12.4. The molecule has 0 aliphatic heterocycles. The van der Waals surface area contributed by atoms with Crippen molar-refractivity contribution < 1.29 is 5.11 Å². The number of nitrogens with two attached hydrogens (primary N) is 1. The molecule has 0 atom stereocenters. The predicted molar refractivity (Wildman–Crippen MR) is 70.8 cm³/mol. The summed E-state index contributed by atoms with van der Waals surface area (Å²) in [5.74, 6) is 1.01. The Morgan fingerprint density at radius 1 is 1.41 bits per heavy atom. The van der Waals surface area contributed by atoms with Gasteiger partial charge in [-0.1, -0.05) is 13.8 Å². The number of aromatic hydroxyl groups is 1. The largest absolute Gasteiger partial charge is 0.508 e. The second kappa shape index (κ2) is 4.96. The van der Waals surface area contributed by atoms with E-state index < -0.39 is 0 Å². The van der Waals surface area contributed by atoms with Crippen molar-refractivity contribution >= 4 is 5.69 Å². The second-order valence-electron chi connectivity index (χ2n) is 5.44. The third-order valence-corrected chi connectivity index (χ3v) is 3.14. The van der Waals surface area contributed by atoms with Gasteiger partial charge in [-0.05, 0) is 37.0 Å². The van der Waals surface area contributed by atoms with Crippen LogP contribution in [-0.4, -0.2) is 22.6 Å². The van der Waals surface area contributed by atoms with Gasteiger partial charge in [0.05, 0.1) is 0 Å². The predicted octanol–water partition coefficient (Wildman–Crippen LogP) is 2.59. The Kier molecular flexibility index (Phi) is 3.57. The Morgan fingerprint density at radius 3 is 2.71 bits per heavy atom. The van der Waals surface area contributed by atoms with E-state index in [4.69, 9.17) is 5.73 Å². The van der Waals surface area contributed by atoms with Gasteiger partial charge in [-0.2, -0.15) is 0 Å². The molecule has 0 radical (unpaired) electrons. The number of rotatable bonds is 5. The van der Waals surface area contributed by atoms with E-state index in [1.165, 1.54) is 12.8 Å². The number of phenolic OH excluding ortho intramolecular Hbond substituents is 1. The summed E-state index contributed by atoms with van der Waals surface area (Å²) in [7, 11) is 0. The maximum Gasteiger partial charge on any atom is 0.120 e. The molecule has 3 N–H and O–H groups in total. The first-order valence-corrected chi connectivity index (χ1v) is 6.37. The fraction of sp³-hybridized carbons (Fsp3) is 0.571. The summed E-state index contributed by atoms with van der Waals surface area (Å²) in [4.78, 5) is 2.46. The number of anilines is 1. The topological polar surface area (TPSA) is 49.5 Å². The van der Waals surface area contributed by atoms with E-state index in [0.29, 0.717) is 17.7 Å². The summed E-state index contributed by atoms with van der Waals surface area (Å²) in [6.07, 6.45) is 2.57. The average Bonchev–Trinajstić information content (AvgIpc) is 3.05. The second-order valence-corrected chi connectivity index (χ2v) is 5.44. The summed E-state index contributed by atoms with van der Waals surface area (Å²) < 4.78 is 0. The fourth-order valence-corrected chi connectivity index (χ4v) is 2.20. The smallest absolute Gasteiger partial charge is 0.120 e. The highest BCUT2D eigenvalue weighted by atomic mass is 16.3. The SMILES string of the molecule is CC(C)CN(Cc1cc(N)ccc1O)C1CC1. The van der Waals surface area contributed by atoms with Gasteiger partial charge in [-0.25, -0.2) is 0 Å². The third-order valence-electron chi connectivity index (χ3n) is 3.14. The zero-order valence-corrected chi connectivity index (χ0v) is 10.7. The van der Waals surface area contributed by atoms with Crippen LogP contribution in [0.5, 0.6) is 5.75 Å². The lowest BCUT2D eigenvalue weighted by Crippen LogP contribution is -2.29. The van der Waals surface area contributed by atoms with Gasteiger partial charge in [0.2, 0.25) is 0 Å². The minimum atomic E-state index is 0.355. The number of benzene rings is 1. The van der Waals surface area contributed by atoms with Crippen molar-refractivity contribution in [1.29, 1.82) is 0 Å². The molecule has 1 aliphatic rings. The molecule has 94 valence electrons. The van der Waals surface area contributed by atoms with Crippen LogP contribution in [0.25, 0.3) is 0 Å². The van der Waals surface area contributed by atoms with Crippen LogP contribution >= 0.6 is 0 Å². The Morgan fingerprint density at radius 2 is 2.12 bits per heavy atom. The quantitative estimate of drug-likeness (QED) is 0.608. The highest BCUT2D eigenvalue weighted by Crippen LogP contribution is 2.31. The van der Waals surface area contributed by atoms with Gasteiger partial charge in [0.15, 0.2) is 0 Å². The molecule has 1 fully saturated rings. The van der Waals surface area contributed by atoms with Crippen LogP contribution in [0, 0.1) is 5.92 Å². The molecule has 0 amide bonds. The Balaban J connectivity index is 2.08. The lowest BCUT2D eigenvalue weighted by Gasteiger charge is -2.24. The van der Waals surface area contributed by atoms with Crippen LogP contribution in [0.4, 0.5) is 5.69 Å². The molecule has 1 saturated carbocycles. The maximum absolute atomic E-state index is 9.84. The van der Waals surface area contributed by atoms with Crippen molar-refractivity contribution in [3.8, 4) is 5.75 Å².